The summed E-state index contributed by atoms with van der Waals surface area (Å²) in [6, 6.07) is 0. The molecule has 2 fully saturated rings. The zero-order valence-electron chi connectivity index (χ0n) is 6.67. The van der Waals surface area contributed by atoms with Gasteiger partial charge in [0, 0.05) is 5.92 Å². The smallest absolute Gasteiger partial charge is 0.247 e. The summed E-state index contributed by atoms with van der Waals surface area (Å²) in [5.41, 5.74) is 2.40. The Morgan fingerprint density at radius 3 is 2.64 bits per heavy atom. The second-order valence-corrected chi connectivity index (χ2v) is 3.45. The van der Waals surface area contributed by atoms with E-state index in [1.54, 1.807) is 0 Å². The largest absolute Gasteiger partial charge is 0.277 e. The summed E-state index contributed by atoms with van der Waals surface area (Å²) in [7, 11) is 1.48. The van der Waals surface area contributed by atoms with Gasteiger partial charge >= 0.3 is 0 Å². The quantitative estimate of drug-likeness (QED) is 0.596. The summed E-state index contributed by atoms with van der Waals surface area (Å²) in [4.78, 5) is 15.8. The Bertz CT molecular complexity index is 171. The first-order valence-electron chi connectivity index (χ1n) is 4.17. The van der Waals surface area contributed by atoms with Crippen LogP contribution < -0.4 is 5.48 Å². The molecule has 0 spiro atoms. The van der Waals surface area contributed by atoms with Crippen molar-refractivity contribution in [3.63, 3.8) is 0 Å². The number of fused-ring (bicyclic) bond motifs is 1. The Hall–Kier alpha value is -0.570. The zero-order chi connectivity index (χ0) is 7.84. The maximum Gasteiger partial charge on any atom is 0.247 e. The average molecular weight is 155 g/mol. The van der Waals surface area contributed by atoms with E-state index in [-0.39, 0.29) is 11.8 Å². The highest BCUT2D eigenvalue weighted by atomic mass is 16.6. The van der Waals surface area contributed by atoms with E-state index in [0.717, 1.165) is 0 Å². The van der Waals surface area contributed by atoms with Crippen LogP contribution in [-0.2, 0) is 9.63 Å². The summed E-state index contributed by atoms with van der Waals surface area (Å²) in [5.74, 6) is 1.74. The first kappa shape index (κ1) is 7.10. The lowest BCUT2D eigenvalue weighted by molar-refractivity contribution is -0.133. The molecule has 0 bridgehead atoms. The van der Waals surface area contributed by atoms with Gasteiger partial charge in [-0.3, -0.25) is 9.63 Å². The molecule has 1 N–H and O–H groups in total. The van der Waals surface area contributed by atoms with Crippen LogP contribution in [0.15, 0.2) is 0 Å². The number of hydroxylamine groups is 1. The molecule has 3 heteroatoms. The molecule has 3 nitrogen and oxygen atoms in total. The number of nitrogens with one attached hydrogen (secondary N) is 1. The third-order valence-corrected chi connectivity index (χ3v) is 2.91. The first-order valence-corrected chi connectivity index (χ1v) is 4.17. The van der Waals surface area contributed by atoms with E-state index in [1.807, 2.05) is 0 Å². The molecule has 2 unspecified atom stereocenters. The van der Waals surface area contributed by atoms with Gasteiger partial charge in [0.2, 0.25) is 5.91 Å². The molecule has 11 heavy (non-hydrogen) atoms. The normalized spacial score (nSPS) is 39.9. The predicted octanol–water partition coefficient (Wildman–Crippen LogP) is 0.710. The standard InChI is InChI=1S/C8H13NO2/c1-11-9-8(10)7-5-3-2-4-6(5)7/h5-7H,2-4H2,1H3,(H,9,10). The van der Waals surface area contributed by atoms with Crippen LogP contribution in [0.4, 0.5) is 0 Å². The molecular weight excluding hydrogens is 142 g/mol. The van der Waals surface area contributed by atoms with Crippen LogP contribution in [0.25, 0.3) is 0 Å². The molecule has 2 saturated carbocycles. The van der Waals surface area contributed by atoms with Crippen molar-refractivity contribution in [2.45, 2.75) is 19.3 Å². The zero-order valence-corrected chi connectivity index (χ0v) is 6.67. The van der Waals surface area contributed by atoms with Gasteiger partial charge in [-0.25, -0.2) is 5.48 Å². The minimum absolute atomic E-state index is 0.0854. The van der Waals surface area contributed by atoms with Crippen molar-refractivity contribution in [3.05, 3.63) is 0 Å². The van der Waals surface area contributed by atoms with Crippen molar-refractivity contribution in [1.82, 2.24) is 5.48 Å². The summed E-state index contributed by atoms with van der Waals surface area (Å²) in [5, 5.41) is 0. The topological polar surface area (TPSA) is 38.3 Å². The molecule has 0 aromatic rings. The van der Waals surface area contributed by atoms with Gasteiger partial charge in [-0.1, -0.05) is 6.42 Å². The van der Waals surface area contributed by atoms with Crippen LogP contribution in [0.1, 0.15) is 19.3 Å². The fourth-order valence-electron chi connectivity index (χ4n) is 2.38. The molecule has 2 aliphatic rings. The summed E-state index contributed by atoms with van der Waals surface area (Å²) >= 11 is 0. The maximum absolute atomic E-state index is 11.2. The molecule has 2 aliphatic carbocycles. The van der Waals surface area contributed by atoms with Crippen molar-refractivity contribution >= 4 is 5.91 Å². The highest BCUT2D eigenvalue weighted by Gasteiger charge is 2.56. The first-order chi connectivity index (χ1) is 5.34. The Kier molecular flexibility index (Phi) is 1.60. The number of carbonyl (C=O) groups excluding carboxylic acids is 1. The van der Waals surface area contributed by atoms with Crippen LogP contribution in [0, 0.1) is 17.8 Å². The van der Waals surface area contributed by atoms with Crippen molar-refractivity contribution in [3.8, 4) is 0 Å². The summed E-state index contributed by atoms with van der Waals surface area (Å²) < 4.78 is 0. The maximum atomic E-state index is 11.2. The second kappa shape index (κ2) is 2.48. The highest BCUT2D eigenvalue weighted by Crippen LogP contribution is 2.57. The molecule has 0 radical (unpaired) electrons. The fourth-order valence-corrected chi connectivity index (χ4v) is 2.38. The molecule has 0 saturated heterocycles. The second-order valence-electron chi connectivity index (χ2n) is 3.45. The Labute approximate surface area is 66.1 Å². The van der Waals surface area contributed by atoms with Gasteiger partial charge in [-0.2, -0.15) is 0 Å². The van der Waals surface area contributed by atoms with E-state index < -0.39 is 0 Å². The monoisotopic (exact) mass is 155 g/mol. The third-order valence-electron chi connectivity index (χ3n) is 2.91. The number of rotatable bonds is 2. The van der Waals surface area contributed by atoms with Crippen LogP contribution in [0.5, 0.6) is 0 Å². The van der Waals surface area contributed by atoms with Gasteiger partial charge in [0.05, 0.1) is 7.11 Å². The highest BCUT2D eigenvalue weighted by molar-refractivity contribution is 5.81. The van der Waals surface area contributed by atoms with Crippen LogP contribution in [0.3, 0.4) is 0 Å². The van der Waals surface area contributed by atoms with E-state index in [2.05, 4.69) is 10.3 Å². The molecule has 2 atom stereocenters. The number of hydrogen-bond donors (Lipinski definition) is 1. The lowest BCUT2D eigenvalue weighted by Crippen LogP contribution is -2.25. The Morgan fingerprint density at radius 2 is 2.09 bits per heavy atom. The Balaban J connectivity index is 1.85. The van der Waals surface area contributed by atoms with Crippen molar-refractivity contribution in [2.75, 3.05) is 7.11 Å². The summed E-state index contributed by atoms with van der Waals surface area (Å²) in [6.07, 6.45) is 3.80. The minimum Gasteiger partial charge on any atom is -0.277 e. The molecule has 0 aliphatic heterocycles. The molecule has 2 rings (SSSR count). The van der Waals surface area contributed by atoms with E-state index in [0.29, 0.717) is 11.8 Å². The van der Waals surface area contributed by atoms with E-state index in [4.69, 9.17) is 0 Å². The van der Waals surface area contributed by atoms with Crippen LogP contribution in [0.2, 0.25) is 0 Å². The van der Waals surface area contributed by atoms with Crippen molar-refractivity contribution < 1.29 is 9.63 Å². The van der Waals surface area contributed by atoms with Gasteiger partial charge in [0.25, 0.3) is 0 Å². The number of hydrogen-bond acceptors (Lipinski definition) is 2. The number of amides is 1. The van der Waals surface area contributed by atoms with Crippen LogP contribution >= 0.6 is 0 Å². The molecule has 0 aromatic carbocycles. The molecule has 1 amide bonds. The van der Waals surface area contributed by atoms with Gasteiger partial charge in [-0.15, -0.1) is 0 Å². The van der Waals surface area contributed by atoms with E-state index in [1.165, 1.54) is 26.4 Å². The fraction of sp³-hybridized carbons (Fsp3) is 0.875. The van der Waals surface area contributed by atoms with Crippen LogP contribution in [-0.4, -0.2) is 13.0 Å². The molecular formula is C8H13NO2. The predicted molar refractivity (Wildman–Crippen MR) is 39.5 cm³/mol. The van der Waals surface area contributed by atoms with Crippen molar-refractivity contribution in [2.24, 2.45) is 17.8 Å². The number of carbonyl (C=O) groups is 1. The Morgan fingerprint density at radius 1 is 1.45 bits per heavy atom. The van der Waals surface area contributed by atoms with Gasteiger partial charge in [0.1, 0.15) is 0 Å². The average Bonchev–Trinajstić information content (AvgIpc) is 2.47. The van der Waals surface area contributed by atoms with E-state index in [9.17, 15) is 4.79 Å². The SMILES string of the molecule is CONC(=O)C1C2CCCC21. The lowest BCUT2D eigenvalue weighted by atomic mass is 10.1. The van der Waals surface area contributed by atoms with E-state index >= 15 is 0 Å². The van der Waals surface area contributed by atoms with Crippen molar-refractivity contribution in [1.29, 1.82) is 0 Å². The summed E-state index contributed by atoms with van der Waals surface area (Å²) in [6.45, 7) is 0. The molecule has 62 valence electrons. The lowest BCUT2D eigenvalue weighted by Gasteiger charge is -2.02. The van der Waals surface area contributed by atoms with Gasteiger partial charge in [0.15, 0.2) is 0 Å². The van der Waals surface area contributed by atoms with Gasteiger partial charge in [-0.05, 0) is 24.7 Å². The molecule has 0 aromatic heterocycles. The minimum atomic E-state index is 0.0854. The molecule has 0 heterocycles. The third kappa shape index (κ3) is 1.03. The van der Waals surface area contributed by atoms with Gasteiger partial charge < -0.3 is 0 Å².